The number of halogens is 1. The molecule has 2 rings (SSSR count). The number of anilines is 1. The minimum atomic E-state index is 0.215. The molecule has 0 aliphatic rings. The molecule has 6 nitrogen and oxygen atoms in total. The largest absolute Gasteiger partial charge is 0.393 e. The maximum absolute atomic E-state index is 5.79. The topological polar surface area (TPSA) is 82.5 Å². The highest BCUT2D eigenvalue weighted by Gasteiger charge is 2.12. The molecule has 0 saturated heterocycles. The molecule has 2 N–H and O–H groups in total. The number of aryl methyl sites for hydroxylation is 2. The van der Waals surface area contributed by atoms with E-state index in [-0.39, 0.29) is 5.15 Å². The molecule has 0 atom stereocenters. The Hall–Kier alpha value is -1.69. The lowest BCUT2D eigenvalue weighted by molar-refractivity contribution is 0.801. The minimum Gasteiger partial charge on any atom is -0.393 e. The summed E-state index contributed by atoms with van der Waals surface area (Å²) in [5, 5.41) is 4.37. The third kappa shape index (κ3) is 1.63. The average Bonchev–Trinajstić information content (AvgIpc) is 2.50. The highest BCUT2D eigenvalue weighted by molar-refractivity contribution is 6.32. The van der Waals surface area contributed by atoms with Crippen LogP contribution in [0.3, 0.4) is 0 Å². The molecule has 7 heteroatoms. The number of nitrogen functional groups attached to an aromatic ring is 1. The van der Waals surface area contributed by atoms with Gasteiger partial charge in [0.15, 0.2) is 11.0 Å². The van der Waals surface area contributed by atoms with E-state index in [2.05, 4.69) is 20.1 Å². The molecule has 2 aromatic rings. The summed E-state index contributed by atoms with van der Waals surface area (Å²) in [7, 11) is 0. The van der Waals surface area contributed by atoms with Crippen molar-refractivity contribution in [1.29, 1.82) is 0 Å². The molecule has 2 aromatic heterocycles. The van der Waals surface area contributed by atoms with Gasteiger partial charge in [0.2, 0.25) is 0 Å². The van der Waals surface area contributed by atoms with Crippen molar-refractivity contribution in [3.05, 3.63) is 23.1 Å². The van der Waals surface area contributed by atoms with Crippen molar-refractivity contribution in [3.8, 4) is 5.82 Å². The fourth-order valence-electron chi connectivity index (χ4n) is 1.26. The van der Waals surface area contributed by atoms with Crippen LogP contribution in [0.2, 0.25) is 5.15 Å². The van der Waals surface area contributed by atoms with Crippen LogP contribution >= 0.6 is 11.6 Å². The Labute approximate surface area is 91.1 Å². The quantitative estimate of drug-likeness (QED) is 0.728. The first-order valence-corrected chi connectivity index (χ1v) is 4.64. The molecular formula is C8H9ClN6. The number of hydrogen-bond donors (Lipinski definition) is 1. The SMILES string of the molecule is Cc1nc(C)n(-c2ncnc(Cl)c2N)n1. The van der Waals surface area contributed by atoms with E-state index >= 15 is 0 Å². The van der Waals surface area contributed by atoms with Crippen molar-refractivity contribution in [3.63, 3.8) is 0 Å². The second-order valence-electron chi connectivity index (χ2n) is 3.02. The fraction of sp³-hybridized carbons (Fsp3) is 0.250. The zero-order valence-electron chi connectivity index (χ0n) is 8.27. The normalized spacial score (nSPS) is 10.6. The van der Waals surface area contributed by atoms with Crippen LogP contribution < -0.4 is 5.73 Å². The summed E-state index contributed by atoms with van der Waals surface area (Å²) >= 11 is 5.79. The van der Waals surface area contributed by atoms with Gasteiger partial charge in [0.25, 0.3) is 0 Å². The first-order valence-electron chi connectivity index (χ1n) is 4.26. The smallest absolute Gasteiger partial charge is 0.183 e. The Morgan fingerprint density at radius 3 is 2.67 bits per heavy atom. The summed E-state index contributed by atoms with van der Waals surface area (Å²) in [6.45, 7) is 3.61. The number of hydrogen-bond acceptors (Lipinski definition) is 5. The highest BCUT2D eigenvalue weighted by Crippen LogP contribution is 2.21. The summed E-state index contributed by atoms with van der Waals surface area (Å²) in [5.41, 5.74) is 6.05. The van der Waals surface area contributed by atoms with E-state index < -0.39 is 0 Å². The number of nitrogens with zero attached hydrogens (tertiary/aromatic N) is 5. The van der Waals surface area contributed by atoms with Crippen molar-refractivity contribution in [2.75, 3.05) is 5.73 Å². The number of aromatic nitrogens is 5. The van der Waals surface area contributed by atoms with Gasteiger partial charge in [-0.3, -0.25) is 0 Å². The van der Waals surface area contributed by atoms with Gasteiger partial charge in [0.1, 0.15) is 23.7 Å². The van der Waals surface area contributed by atoms with Gasteiger partial charge in [-0.1, -0.05) is 11.6 Å². The van der Waals surface area contributed by atoms with E-state index in [1.807, 2.05) is 6.92 Å². The van der Waals surface area contributed by atoms with Gasteiger partial charge in [-0.25, -0.2) is 15.0 Å². The Morgan fingerprint density at radius 2 is 2.07 bits per heavy atom. The summed E-state index contributed by atoms with van der Waals surface area (Å²) in [6.07, 6.45) is 1.34. The Morgan fingerprint density at radius 1 is 1.33 bits per heavy atom. The summed E-state index contributed by atoms with van der Waals surface area (Å²) < 4.78 is 1.54. The molecule has 78 valence electrons. The van der Waals surface area contributed by atoms with Crippen molar-refractivity contribution in [2.45, 2.75) is 13.8 Å². The van der Waals surface area contributed by atoms with E-state index in [0.717, 1.165) is 0 Å². The van der Waals surface area contributed by atoms with Gasteiger partial charge in [0.05, 0.1) is 0 Å². The standard InChI is InChI=1S/C8H9ClN6/c1-4-13-5(2)15(14-4)8-6(10)7(9)11-3-12-8/h3H,10H2,1-2H3. The van der Waals surface area contributed by atoms with Crippen LogP contribution in [0, 0.1) is 13.8 Å². The van der Waals surface area contributed by atoms with Gasteiger partial charge in [-0.15, -0.1) is 5.10 Å². The maximum Gasteiger partial charge on any atom is 0.183 e. The van der Waals surface area contributed by atoms with Crippen LogP contribution in [-0.2, 0) is 0 Å². The molecule has 0 aliphatic heterocycles. The molecule has 0 aromatic carbocycles. The molecule has 0 amide bonds. The van der Waals surface area contributed by atoms with Crippen LogP contribution in [0.25, 0.3) is 5.82 Å². The molecule has 0 saturated carbocycles. The van der Waals surface area contributed by atoms with Crippen molar-refractivity contribution < 1.29 is 0 Å². The molecule has 0 fully saturated rings. The third-order valence-corrected chi connectivity index (χ3v) is 2.19. The van der Waals surface area contributed by atoms with Crippen LogP contribution in [-0.4, -0.2) is 24.7 Å². The lowest BCUT2D eigenvalue weighted by Gasteiger charge is -2.05. The minimum absolute atomic E-state index is 0.215. The Balaban J connectivity index is 2.64. The zero-order valence-corrected chi connectivity index (χ0v) is 9.02. The monoisotopic (exact) mass is 224 g/mol. The Kier molecular flexibility index (Phi) is 2.28. The molecule has 0 aliphatic carbocycles. The lowest BCUT2D eigenvalue weighted by atomic mass is 10.5. The fourth-order valence-corrected chi connectivity index (χ4v) is 1.38. The van der Waals surface area contributed by atoms with Crippen molar-refractivity contribution >= 4 is 17.3 Å². The van der Waals surface area contributed by atoms with Gasteiger partial charge in [-0.05, 0) is 13.8 Å². The molecule has 0 bridgehead atoms. The van der Waals surface area contributed by atoms with Gasteiger partial charge in [0, 0.05) is 0 Å². The maximum atomic E-state index is 5.79. The second-order valence-corrected chi connectivity index (χ2v) is 3.38. The molecule has 0 unspecified atom stereocenters. The van der Waals surface area contributed by atoms with Gasteiger partial charge < -0.3 is 5.73 Å². The van der Waals surface area contributed by atoms with E-state index in [9.17, 15) is 0 Å². The van der Waals surface area contributed by atoms with E-state index in [1.54, 1.807) is 6.92 Å². The number of rotatable bonds is 1. The van der Waals surface area contributed by atoms with Crippen molar-refractivity contribution in [1.82, 2.24) is 24.7 Å². The molecule has 0 radical (unpaired) electrons. The van der Waals surface area contributed by atoms with Crippen LogP contribution in [0.1, 0.15) is 11.6 Å². The van der Waals surface area contributed by atoms with Crippen LogP contribution in [0.4, 0.5) is 5.69 Å². The van der Waals surface area contributed by atoms with E-state index in [4.69, 9.17) is 17.3 Å². The second kappa shape index (κ2) is 3.47. The first kappa shape index (κ1) is 9.85. The number of nitrogens with two attached hydrogens (primary N) is 1. The third-order valence-electron chi connectivity index (χ3n) is 1.89. The highest BCUT2D eigenvalue weighted by atomic mass is 35.5. The molecule has 0 spiro atoms. The van der Waals surface area contributed by atoms with E-state index in [1.165, 1.54) is 11.0 Å². The van der Waals surface area contributed by atoms with Gasteiger partial charge >= 0.3 is 0 Å². The molecule has 2 heterocycles. The summed E-state index contributed by atoms with van der Waals surface area (Å²) in [6, 6.07) is 0. The average molecular weight is 225 g/mol. The summed E-state index contributed by atoms with van der Waals surface area (Å²) in [4.78, 5) is 11.9. The van der Waals surface area contributed by atoms with Crippen LogP contribution in [0.15, 0.2) is 6.33 Å². The lowest BCUT2D eigenvalue weighted by Crippen LogP contribution is -2.07. The predicted octanol–water partition coefficient (Wildman–Crippen LogP) is 0.910. The van der Waals surface area contributed by atoms with Crippen LogP contribution in [0.5, 0.6) is 0 Å². The molecule has 15 heavy (non-hydrogen) atoms. The zero-order chi connectivity index (χ0) is 11.0. The van der Waals surface area contributed by atoms with E-state index in [0.29, 0.717) is 23.2 Å². The first-order chi connectivity index (χ1) is 7.09. The van der Waals surface area contributed by atoms with Crippen molar-refractivity contribution in [2.24, 2.45) is 0 Å². The predicted molar refractivity (Wildman–Crippen MR) is 55.8 cm³/mol. The summed E-state index contributed by atoms with van der Waals surface area (Å²) in [5.74, 6) is 1.81. The Bertz CT molecular complexity index is 506. The molecular weight excluding hydrogens is 216 g/mol. The van der Waals surface area contributed by atoms with Gasteiger partial charge in [-0.2, -0.15) is 4.68 Å².